The zero-order valence-corrected chi connectivity index (χ0v) is 17.3. The van der Waals surface area contributed by atoms with Crippen molar-refractivity contribution in [1.29, 1.82) is 0 Å². The lowest BCUT2D eigenvalue weighted by molar-refractivity contribution is -0.137. The summed E-state index contributed by atoms with van der Waals surface area (Å²) in [6.45, 7) is 1.77. The molecule has 0 aliphatic heterocycles. The number of aromatic nitrogens is 4. The fraction of sp³-hybridized carbons (Fsp3) is 0.136. The standard InChI is InChI=1S/C22H16F3N5O3/c1-12-8-9-26-21-28-18(29-30(12)21)19(31)27-17-7-6-14(11-16(17)20(32)33-2)13-4-3-5-15(10-13)22(23,24)25/h3-11H,1-2H3,(H,27,31). The van der Waals surface area contributed by atoms with E-state index in [4.69, 9.17) is 4.74 Å². The molecular weight excluding hydrogens is 439 g/mol. The lowest BCUT2D eigenvalue weighted by atomic mass is 9.99. The smallest absolute Gasteiger partial charge is 0.416 e. The fourth-order valence-corrected chi connectivity index (χ4v) is 3.17. The minimum absolute atomic E-state index is 0.0427. The van der Waals surface area contributed by atoms with Gasteiger partial charge in [-0.25, -0.2) is 14.3 Å². The second-order valence-corrected chi connectivity index (χ2v) is 7.02. The van der Waals surface area contributed by atoms with Crippen LogP contribution in [-0.4, -0.2) is 38.6 Å². The normalized spacial score (nSPS) is 11.4. The van der Waals surface area contributed by atoms with Gasteiger partial charge in [0.1, 0.15) is 0 Å². The summed E-state index contributed by atoms with van der Waals surface area (Å²) in [6.07, 6.45) is -2.98. The average molecular weight is 455 g/mol. The summed E-state index contributed by atoms with van der Waals surface area (Å²) in [5.41, 5.74) is 0.526. The number of halogens is 3. The Morgan fingerprint density at radius 1 is 1.06 bits per heavy atom. The topological polar surface area (TPSA) is 98.5 Å². The molecule has 0 saturated heterocycles. The Hall–Kier alpha value is -4.28. The van der Waals surface area contributed by atoms with E-state index in [0.717, 1.165) is 19.2 Å². The van der Waals surface area contributed by atoms with Gasteiger partial charge in [-0.2, -0.15) is 18.2 Å². The van der Waals surface area contributed by atoms with E-state index in [1.54, 1.807) is 13.0 Å². The van der Waals surface area contributed by atoms with E-state index in [0.29, 0.717) is 11.3 Å². The number of benzene rings is 2. The Morgan fingerprint density at radius 2 is 1.82 bits per heavy atom. The largest absolute Gasteiger partial charge is 0.465 e. The third-order valence-electron chi connectivity index (χ3n) is 4.83. The number of nitrogens with one attached hydrogen (secondary N) is 1. The van der Waals surface area contributed by atoms with Gasteiger partial charge in [0.15, 0.2) is 0 Å². The van der Waals surface area contributed by atoms with Gasteiger partial charge in [0.25, 0.3) is 11.7 Å². The van der Waals surface area contributed by atoms with Crippen LogP contribution in [0.5, 0.6) is 0 Å². The number of aryl methyl sites for hydroxylation is 1. The molecule has 1 amide bonds. The number of hydrogen-bond donors (Lipinski definition) is 1. The van der Waals surface area contributed by atoms with Crippen molar-refractivity contribution in [3.05, 3.63) is 77.4 Å². The lowest BCUT2D eigenvalue weighted by Gasteiger charge is -2.12. The number of carbonyl (C=O) groups excluding carboxylic acids is 2. The van der Waals surface area contributed by atoms with Crippen molar-refractivity contribution < 1.29 is 27.5 Å². The first-order valence-electron chi connectivity index (χ1n) is 9.57. The van der Waals surface area contributed by atoms with Crippen molar-refractivity contribution in [3.8, 4) is 11.1 Å². The molecule has 4 aromatic rings. The van der Waals surface area contributed by atoms with Gasteiger partial charge in [-0.3, -0.25) is 4.79 Å². The molecule has 0 fully saturated rings. The summed E-state index contributed by atoms with van der Waals surface area (Å²) < 4.78 is 45.4. The van der Waals surface area contributed by atoms with Crippen molar-refractivity contribution in [2.75, 3.05) is 12.4 Å². The second-order valence-electron chi connectivity index (χ2n) is 7.02. The molecule has 0 saturated carbocycles. The predicted octanol–water partition coefficient (Wildman–Crippen LogP) is 4.16. The molecule has 2 aromatic heterocycles. The van der Waals surface area contributed by atoms with Crippen molar-refractivity contribution in [2.45, 2.75) is 13.1 Å². The predicted molar refractivity (Wildman–Crippen MR) is 112 cm³/mol. The number of hydrogen-bond acceptors (Lipinski definition) is 6. The van der Waals surface area contributed by atoms with Crippen molar-refractivity contribution in [2.24, 2.45) is 0 Å². The first-order chi connectivity index (χ1) is 15.7. The molecule has 11 heteroatoms. The summed E-state index contributed by atoms with van der Waals surface area (Å²) in [5.74, 6) is -1.42. The summed E-state index contributed by atoms with van der Waals surface area (Å²) in [5, 5.41) is 6.66. The molecule has 0 radical (unpaired) electrons. The summed E-state index contributed by atoms with van der Waals surface area (Å²) in [4.78, 5) is 33.2. The van der Waals surface area contributed by atoms with Crippen LogP contribution < -0.4 is 5.32 Å². The Balaban J connectivity index is 1.69. The first kappa shape index (κ1) is 21.9. The molecule has 8 nitrogen and oxygen atoms in total. The SMILES string of the molecule is COC(=O)c1cc(-c2cccc(C(F)(F)F)c2)ccc1NC(=O)c1nc2nccc(C)n2n1. The summed E-state index contributed by atoms with van der Waals surface area (Å²) >= 11 is 0. The van der Waals surface area contributed by atoms with E-state index in [1.807, 2.05) is 0 Å². The molecule has 4 rings (SSSR count). The highest BCUT2D eigenvalue weighted by molar-refractivity contribution is 6.07. The molecule has 1 N–H and O–H groups in total. The van der Waals surface area contributed by atoms with Crippen molar-refractivity contribution in [3.63, 3.8) is 0 Å². The summed E-state index contributed by atoms with van der Waals surface area (Å²) in [6, 6.07) is 10.6. The minimum atomic E-state index is -4.51. The fourth-order valence-electron chi connectivity index (χ4n) is 3.17. The zero-order valence-electron chi connectivity index (χ0n) is 17.3. The van der Waals surface area contributed by atoms with Gasteiger partial charge in [-0.15, -0.1) is 5.10 Å². The maximum Gasteiger partial charge on any atom is 0.416 e. The van der Waals surface area contributed by atoms with Crippen LogP contribution in [0.15, 0.2) is 54.7 Å². The van der Waals surface area contributed by atoms with Crippen LogP contribution in [0.2, 0.25) is 0 Å². The van der Waals surface area contributed by atoms with Crippen molar-refractivity contribution >= 4 is 23.3 Å². The van der Waals surface area contributed by atoms with Crippen LogP contribution in [0.3, 0.4) is 0 Å². The highest BCUT2D eigenvalue weighted by atomic mass is 19.4. The van der Waals surface area contributed by atoms with Crippen LogP contribution in [0.4, 0.5) is 18.9 Å². The zero-order chi connectivity index (χ0) is 23.8. The number of carbonyl (C=O) groups is 2. The van der Waals surface area contributed by atoms with Gasteiger partial charge in [0.05, 0.1) is 23.9 Å². The van der Waals surface area contributed by atoms with Crippen molar-refractivity contribution in [1.82, 2.24) is 19.6 Å². The number of esters is 1. The minimum Gasteiger partial charge on any atom is -0.465 e. The van der Waals surface area contributed by atoms with Gasteiger partial charge >= 0.3 is 12.1 Å². The molecule has 2 heterocycles. The van der Waals surface area contributed by atoms with Crippen LogP contribution >= 0.6 is 0 Å². The second kappa shape index (κ2) is 8.34. The van der Waals surface area contributed by atoms with E-state index < -0.39 is 23.6 Å². The maximum atomic E-state index is 13.1. The monoisotopic (exact) mass is 455 g/mol. The molecule has 168 valence electrons. The molecule has 0 atom stereocenters. The van der Waals surface area contributed by atoms with E-state index in [-0.39, 0.29) is 28.4 Å². The number of anilines is 1. The maximum absolute atomic E-state index is 13.1. The number of methoxy groups -OCH3 is 1. The Morgan fingerprint density at radius 3 is 2.52 bits per heavy atom. The van der Waals surface area contributed by atoms with Gasteiger partial charge in [-0.05, 0) is 48.4 Å². The molecule has 0 aliphatic rings. The Bertz CT molecular complexity index is 1380. The number of amides is 1. The Labute approximate surface area is 185 Å². The molecule has 0 spiro atoms. The van der Waals surface area contributed by atoms with Crippen LogP contribution in [0, 0.1) is 6.92 Å². The first-order valence-corrected chi connectivity index (χ1v) is 9.57. The third kappa shape index (κ3) is 4.38. The van der Waals surface area contributed by atoms with Crippen LogP contribution in [-0.2, 0) is 10.9 Å². The van der Waals surface area contributed by atoms with E-state index >= 15 is 0 Å². The Kier molecular flexibility index (Phi) is 5.54. The lowest BCUT2D eigenvalue weighted by Crippen LogP contribution is -2.17. The number of ether oxygens (including phenoxy) is 1. The molecule has 0 unspecified atom stereocenters. The molecule has 0 bridgehead atoms. The van der Waals surface area contributed by atoms with E-state index in [1.165, 1.54) is 41.0 Å². The molecule has 33 heavy (non-hydrogen) atoms. The molecule has 2 aromatic carbocycles. The highest BCUT2D eigenvalue weighted by Gasteiger charge is 2.30. The number of fused-ring (bicyclic) bond motifs is 1. The molecular formula is C22H16F3N5O3. The van der Waals surface area contributed by atoms with Gasteiger partial charge in [-0.1, -0.05) is 18.2 Å². The highest BCUT2D eigenvalue weighted by Crippen LogP contribution is 2.33. The quantitative estimate of drug-likeness (QED) is 0.464. The number of alkyl halides is 3. The van der Waals surface area contributed by atoms with Gasteiger partial charge in [0, 0.05) is 11.9 Å². The average Bonchev–Trinajstić information content (AvgIpc) is 3.24. The van der Waals surface area contributed by atoms with E-state index in [9.17, 15) is 22.8 Å². The van der Waals surface area contributed by atoms with Crippen LogP contribution in [0.25, 0.3) is 16.9 Å². The number of nitrogens with zero attached hydrogens (tertiary/aromatic N) is 4. The molecule has 0 aliphatic carbocycles. The number of rotatable bonds is 4. The van der Waals surface area contributed by atoms with Crippen LogP contribution in [0.1, 0.15) is 32.2 Å². The van der Waals surface area contributed by atoms with Gasteiger partial charge in [0.2, 0.25) is 5.82 Å². The third-order valence-corrected chi connectivity index (χ3v) is 4.83. The summed E-state index contributed by atoms with van der Waals surface area (Å²) in [7, 11) is 1.16. The van der Waals surface area contributed by atoms with E-state index in [2.05, 4.69) is 20.4 Å². The van der Waals surface area contributed by atoms with Gasteiger partial charge < -0.3 is 10.1 Å².